The second kappa shape index (κ2) is 2.22. The molecule has 1 N–H and O–H groups in total. The highest BCUT2D eigenvalue weighted by Crippen LogP contribution is 2.65. The SMILES string of the molecule is C=C1CC1C(O)(C1CC1=C)C1CC1=C. The topological polar surface area (TPSA) is 20.2 Å². The molecule has 0 spiro atoms. The van der Waals surface area contributed by atoms with Crippen LogP contribution in [0, 0.1) is 17.8 Å². The zero-order valence-electron chi connectivity index (χ0n) is 8.42. The fourth-order valence-corrected chi connectivity index (χ4v) is 2.81. The van der Waals surface area contributed by atoms with Crippen molar-refractivity contribution in [3.63, 3.8) is 0 Å². The van der Waals surface area contributed by atoms with E-state index in [9.17, 15) is 5.11 Å². The summed E-state index contributed by atoms with van der Waals surface area (Å²) in [4.78, 5) is 0. The van der Waals surface area contributed by atoms with E-state index in [0.29, 0.717) is 17.8 Å². The lowest BCUT2D eigenvalue weighted by atomic mass is 9.85. The van der Waals surface area contributed by atoms with Crippen LogP contribution in [0.4, 0.5) is 0 Å². The molecule has 74 valence electrons. The van der Waals surface area contributed by atoms with Crippen LogP contribution in [0.1, 0.15) is 19.3 Å². The van der Waals surface area contributed by atoms with E-state index in [1.165, 1.54) is 16.7 Å². The largest absolute Gasteiger partial charge is 0.388 e. The smallest absolute Gasteiger partial charge is 0.0851 e. The Morgan fingerprint density at radius 3 is 1.21 bits per heavy atom. The van der Waals surface area contributed by atoms with Crippen molar-refractivity contribution in [1.29, 1.82) is 0 Å². The zero-order chi connectivity index (χ0) is 10.1. The third-order valence-electron chi connectivity index (χ3n) is 4.07. The summed E-state index contributed by atoms with van der Waals surface area (Å²) in [6, 6.07) is 0. The summed E-state index contributed by atoms with van der Waals surface area (Å²) in [7, 11) is 0. The highest BCUT2D eigenvalue weighted by Gasteiger charge is 2.64. The van der Waals surface area contributed by atoms with Crippen LogP contribution in [-0.2, 0) is 0 Å². The minimum Gasteiger partial charge on any atom is -0.388 e. The van der Waals surface area contributed by atoms with Gasteiger partial charge in [0.05, 0.1) is 5.60 Å². The van der Waals surface area contributed by atoms with Gasteiger partial charge in [0.2, 0.25) is 0 Å². The molecule has 1 nitrogen and oxygen atoms in total. The standard InChI is InChI=1S/C13H16O/c1-7-4-10(7)13(14,11-5-8(11)2)12-6-9(12)3/h10-12,14H,1-6H2. The minimum absolute atomic E-state index is 0.330. The predicted molar refractivity (Wildman–Crippen MR) is 56.7 cm³/mol. The Kier molecular flexibility index (Phi) is 1.35. The van der Waals surface area contributed by atoms with Crippen LogP contribution in [0.3, 0.4) is 0 Å². The molecule has 0 aromatic carbocycles. The van der Waals surface area contributed by atoms with Gasteiger partial charge in [0.1, 0.15) is 0 Å². The lowest BCUT2D eigenvalue weighted by molar-refractivity contribution is -0.0142. The van der Waals surface area contributed by atoms with Crippen LogP contribution < -0.4 is 0 Å². The molecule has 14 heavy (non-hydrogen) atoms. The van der Waals surface area contributed by atoms with Crippen molar-refractivity contribution in [2.45, 2.75) is 24.9 Å². The zero-order valence-corrected chi connectivity index (χ0v) is 8.42. The van der Waals surface area contributed by atoms with E-state index in [-0.39, 0.29) is 0 Å². The molecule has 3 aliphatic rings. The maximum Gasteiger partial charge on any atom is 0.0851 e. The fourth-order valence-electron chi connectivity index (χ4n) is 2.81. The van der Waals surface area contributed by atoms with Gasteiger partial charge in [-0.2, -0.15) is 0 Å². The molecule has 0 saturated heterocycles. The maximum absolute atomic E-state index is 10.8. The molecule has 0 aromatic rings. The molecule has 0 amide bonds. The molecule has 0 heterocycles. The quantitative estimate of drug-likeness (QED) is 0.674. The van der Waals surface area contributed by atoms with E-state index >= 15 is 0 Å². The van der Waals surface area contributed by atoms with Crippen LogP contribution in [0.25, 0.3) is 0 Å². The normalized spacial score (nSPS) is 43.5. The second-order valence-electron chi connectivity index (χ2n) is 5.13. The summed E-state index contributed by atoms with van der Waals surface area (Å²) in [5, 5.41) is 10.8. The van der Waals surface area contributed by atoms with E-state index in [1.807, 2.05) is 0 Å². The first-order valence-corrected chi connectivity index (χ1v) is 5.30. The molecule has 0 aromatic heterocycles. The molecule has 0 bridgehead atoms. The first kappa shape index (κ1) is 8.49. The monoisotopic (exact) mass is 188 g/mol. The van der Waals surface area contributed by atoms with E-state index in [1.54, 1.807) is 0 Å². The molecule has 1 heteroatoms. The van der Waals surface area contributed by atoms with Crippen LogP contribution in [0.5, 0.6) is 0 Å². The van der Waals surface area contributed by atoms with Gasteiger partial charge < -0.3 is 5.11 Å². The van der Waals surface area contributed by atoms with E-state index < -0.39 is 5.60 Å². The molecule has 3 saturated carbocycles. The van der Waals surface area contributed by atoms with Crippen molar-refractivity contribution in [3.05, 3.63) is 36.5 Å². The van der Waals surface area contributed by atoms with Gasteiger partial charge in [0.15, 0.2) is 0 Å². The summed E-state index contributed by atoms with van der Waals surface area (Å²) >= 11 is 0. The molecule has 3 atom stereocenters. The first-order chi connectivity index (χ1) is 6.55. The number of hydrogen-bond donors (Lipinski definition) is 1. The first-order valence-electron chi connectivity index (χ1n) is 5.30. The molecule has 3 fully saturated rings. The molecule has 3 aliphatic carbocycles. The molecule has 0 aliphatic heterocycles. The Morgan fingerprint density at radius 2 is 1.07 bits per heavy atom. The Balaban J connectivity index is 1.90. The summed E-state index contributed by atoms with van der Waals surface area (Å²) in [6.45, 7) is 11.9. The minimum atomic E-state index is -0.550. The van der Waals surface area contributed by atoms with Gasteiger partial charge >= 0.3 is 0 Å². The van der Waals surface area contributed by atoms with Gasteiger partial charge in [-0.1, -0.05) is 36.5 Å². The molecule has 0 radical (unpaired) electrons. The Hall–Kier alpha value is -0.820. The Labute approximate surface area is 84.8 Å². The number of aliphatic hydroxyl groups is 1. The van der Waals surface area contributed by atoms with E-state index in [0.717, 1.165) is 19.3 Å². The molecular weight excluding hydrogens is 172 g/mol. The van der Waals surface area contributed by atoms with Crippen molar-refractivity contribution in [3.8, 4) is 0 Å². The second-order valence-corrected chi connectivity index (χ2v) is 5.13. The maximum atomic E-state index is 10.8. The highest BCUT2D eigenvalue weighted by atomic mass is 16.3. The molecular formula is C13H16O. The van der Waals surface area contributed by atoms with E-state index in [2.05, 4.69) is 19.7 Å². The van der Waals surface area contributed by atoms with Crippen molar-refractivity contribution in [2.75, 3.05) is 0 Å². The summed E-state index contributed by atoms with van der Waals surface area (Å²) < 4.78 is 0. The average Bonchev–Trinajstić information content (AvgIpc) is 2.91. The summed E-state index contributed by atoms with van der Waals surface area (Å²) in [5.41, 5.74) is 3.09. The van der Waals surface area contributed by atoms with Crippen LogP contribution >= 0.6 is 0 Å². The molecule has 3 unspecified atom stereocenters. The van der Waals surface area contributed by atoms with Crippen molar-refractivity contribution < 1.29 is 5.11 Å². The van der Waals surface area contributed by atoms with Crippen molar-refractivity contribution >= 4 is 0 Å². The lowest BCUT2D eigenvalue weighted by Gasteiger charge is -2.27. The molecule has 3 rings (SSSR count). The average molecular weight is 188 g/mol. The van der Waals surface area contributed by atoms with Crippen LogP contribution in [0.15, 0.2) is 36.5 Å². The van der Waals surface area contributed by atoms with Crippen LogP contribution in [0.2, 0.25) is 0 Å². The number of hydrogen-bond acceptors (Lipinski definition) is 1. The van der Waals surface area contributed by atoms with Crippen molar-refractivity contribution in [1.82, 2.24) is 0 Å². The lowest BCUT2D eigenvalue weighted by Crippen LogP contribution is -2.37. The van der Waals surface area contributed by atoms with Gasteiger partial charge in [0, 0.05) is 17.8 Å². The van der Waals surface area contributed by atoms with Crippen LogP contribution in [-0.4, -0.2) is 10.7 Å². The predicted octanol–water partition coefficient (Wildman–Crippen LogP) is 2.45. The van der Waals surface area contributed by atoms with Gasteiger partial charge in [0.25, 0.3) is 0 Å². The van der Waals surface area contributed by atoms with Gasteiger partial charge in [-0.3, -0.25) is 0 Å². The van der Waals surface area contributed by atoms with E-state index in [4.69, 9.17) is 0 Å². The van der Waals surface area contributed by atoms with Gasteiger partial charge in [-0.05, 0) is 19.3 Å². The summed E-state index contributed by atoms with van der Waals surface area (Å²) in [6.07, 6.45) is 3.01. The Morgan fingerprint density at radius 1 is 0.857 bits per heavy atom. The van der Waals surface area contributed by atoms with Gasteiger partial charge in [-0.15, -0.1) is 0 Å². The summed E-state index contributed by atoms with van der Waals surface area (Å²) in [5.74, 6) is 0.989. The van der Waals surface area contributed by atoms with Gasteiger partial charge in [-0.25, -0.2) is 0 Å². The number of rotatable bonds is 3. The Bertz CT molecular complexity index is 308. The third-order valence-corrected chi connectivity index (χ3v) is 4.07. The fraction of sp³-hybridized carbons (Fsp3) is 0.538. The third kappa shape index (κ3) is 0.936. The highest BCUT2D eigenvalue weighted by molar-refractivity contribution is 5.41. The van der Waals surface area contributed by atoms with Crippen molar-refractivity contribution in [2.24, 2.45) is 17.8 Å².